The second-order valence-corrected chi connectivity index (χ2v) is 6.61. The van der Waals surface area contributed by atoms with E-state index >= 15 is 0 Å². The summed E-state index contributed by atoms with van der Waals surface area (Å²) in [6.45, 7) is 13.2. The van der Waals surface area contributed by atoms with Gasteiger partial charge in [0.15, 0.2) is 0 Å². The van der Waals surface area contributed by atoms with E-state index in [0.29, 0.717) is 0 Å². The van der Waals surface area contributed by atoms with Crippen molar-refractivity contribution < 1.29 is 0 Å². The number of hydrogen-bond acceptors (Lipinski definition) is 1. The Labute approximate surface area is 97.9 Å². The van der Waals surface area contributed by atoms with E-state index in [4.69, 9.17) is 12.2 Å². The van der Waals surface area contributed by atoms with Crippen LogP contribution < -0.4 is 0 Å². The molecule has 1 aromatic rings. The lowest BCUT2D eigenvalue weighted by Crippen LogP contribution is -2.19. The third-order valence-electron chi connectivity index (χ3n) is 2.46. The summed E-state index contributed by atoms with van der Waals surface area (Å²) in [5.41, 5.74) is 2.66. The predicted molar refractivity (Wildman–Crippen MR) is 69.0 cm³/mol. The molecule has 1 nitrogen and oxygen atoms in total. The van der Waals surface area contributed by atoms with Crippen molar-refractivity contribution >= 4 is 12.2 Å². The minimum atomic E-state index is 0.120. The van der Waals surface area contributed by atoms with E-state index in [9.17, 15) is 0 Å². The molecule has 0 aliphatic heterocycles. The SMILES string of the molecule is CC(C)(C)c1cc(=S)cc(C(C)(C)C)[nH]1. The molecule has 1 aromatic heterocycles. The van der Waals surface area contributed by atoms with Gasteiger partial charge in [-0.3, -0.25) is 0 Å². The van der Waals surface area contributed by atoms with Crippen molar-refractivity contribution in [3.8, 4) is 0 Å². The van der Waals surface area contributed by atoms with Crippen LogP contribution in [0.3, 0.4) is 0 Å². The molecule has 0 aliphatic carbocycles. The largest absolute Gasteiger partial charge is 0.361 e. The van der Waals surface area contributed by atoms with Crippen LogP contribution in [-0.2, 0) is 10.8 Å². The molecule has 0 aliphatic rings. The number of rotatable bonds is 0. The third-order valence-corrected chi connectivity index (χ3v) is 2.69. The van der Waals surface area contributed by atoms with Crippen molar-refractivity contribution in [2.75, 3.05) is 0 Å². The molecular formula is C13H21NS. The van der Waals surface area contributed by atoms with E-state index in [1.807, 2.05) is 0 Å². The number of aromatic nitrogens is 1. The summed E-state index contributed by atoms with van der Waals surface area (Å²) in [5.74, 6) is 0. The molecule has 0 spiro atoms. The lowest BCUT2D eigenvalue weighted by molar-refractivity contribution is 0.530. The van der Waals surface area contributed by atoms with Crippen LogP contribution in [0, 0.1) is 4.51 Å². The summed E-state index contributed by atoms with van der Waals surface area (Å²) in [4.78, 5) is 3.50. The van der Waals surface area contributed by atoms with E-state index in [-0.39, 0.29) is 10.8 Å². The Kier molecular flexibility index (Phi) is 3.11. The second kappa shape index (κ2) is 3.75. The van der Waals surface area contributed by atoms with Gasteiger partial charge in [-0.2, -0.15) is 0 Å². The van der Waals surface area contributed by atoms with Crippen molar-refractivity contribution in [3.05, 3.63) is 28.0 Å². The predicted octanol–water partition coefficient (Wildman–Crippen LogP) is 4.34. The Morgan fingerprint density at radius 1 is 0.867 bits per heavy atom. The average molecular weight is 223 g/mol. The standard InChI is InChI=1S/C13H21NS/c1-12(2,3)10-7-9(15)8-11(14-10)13(4,5)6/h7-8H,1-6H3,(H,14,15). The Bertz CT molecular complexity index is 367. The zero-order valence-corrected chi connectivity index (χ0v) is 11.4. The number of pyridine rings is 1. The van der Waals surface area contributed by atoms with Crippen molar-refractivity contribution in [2.45, 2.75) is 52.4 Å². The fourth-order valence-corrected chi connectivity index (χ4v) is 1.59. The summed E-state index contributed by atoms with van der Waals surface area (Å²) in [7, 11) is 0. The van der Waals surface area contributed by atoms with Crippen molar-refractivity contribution in [1.82, 2.24) is 4.98 Å². The molecule has 15 heavy (non-hydrogen) atoms. The molecule has 1 N–H and O–H groups in total. The van der Waals surface area contributed by atoms with Crippen LogP contribution in [0.1, 0.15) is 52.9 Å². The maximum absolute atomic E-state index is 5.30. The van der Waals surface area contributed by atoms with Gasteiger partial charge < -0.3 is 4.98 Å². The number of nitrogens with one attached hydrogen (secondary N) is 1. The van der Waals surface area contributed by atoms with Gasteiger partial charge in [-0.15, -0.1) is 0 Å². The molecule has 0 radical (unpaired) electrons. The normalized spacial score (nSPS) is 12.9. The highest BCUT2D eigenvalue weighted by atomic mass is 32.1. The van der Waals surface area contributed by atoms with Crippen molar-refractivity contribution in [2.24, 2.45) is 0 Å². The third kappa shape index (κ3) is 3.16. The minimum absolute atomic E-state index is 0.120. The molecule has 1 rings (SSSR count). The van der Waals surface area contributed by atoms with Gasteiger partial charge >= 0.3 is 0 Å². The van der Waals surface area contributed by atoms with Gasteiger partial charge in [0, 0.05) is 26.7 Å². The first-order chi connectivity index (χ1) is 6.60. The number of hydrogen-bond donors (Lipinski definition) is 1. The maximum Gasteiger partial charge on any atom is 0.0412 e. The fourth-order valence-electron chi connectivity index (χ4n) is 1.35. The maximum atomic E-state index is 5.30. The molecule has 0 bridgehead atoms. The van der Waals surface area contributed by atoms with Gasteiger partial charge in [-0.25, -0.2) is 0 Å². The molecule has 0 unspecified atom stereocenters. The average Bonchev–Trinajstić information content (AvgIpc) is 1.99. The van der Waals surface area contributed by atoms with Gasteiger partial charge in [-0.1, -0.05) is 53.8 Å². The summed E-state index contributed by atoms with van der Waals surface area (Å²) < 4.78 is 0.920. The highest BCUT2D eigenvalue weighted by Gasteiger charge is 2.19. The Balaban J connectivity index is 3.36. The highest BCUT2D eigenvalue weighted by Crippen LogP contribution is 2.25. The molecule has 84 valence electrons. The molecular weight excluding hydrogens is 202 g/mol. The van der Waals surface area contributed by atoms with Gasteiger partial charge in [0.2, 0.25) is 0 Å². The minimum Gasteiger partial charge on any atom is -0.361 e. The van der Waals surface area contributed by atoms with E-state index in [1.54, 1.807) is 0 Å². The molecule has 0 amide bonds. The van der Waals surface area contributed by atoms with Crippen LogP contribution in [0.25, 0.3) is 0 Å². The number of aromatic amines is 1. The lowest BCUT2D eigenvalue weighted by Gasteiger charge is -2.24. The quantitative estimate of drug-likeness (QED) is 0.647. The van der Waals surface area contributed by atoms with Crippen LogP contribution >= 0.6 is 12.2 Å². The monoisotopic (exact) mass is 223 g/mol. The Morgan fingerprint density at radius 2 is 1.20 bits per heavy atom. The summed E-state index contributed by atoms with van der Waals surface area (Å²) in [5, 5.41) is 0. The lowest BCUT2D eigenvalue weighted by atomic mass is 9.88. The first-order valence-electron chi connectivity index (χ1n) is 5.36. The van der Waals surface area contributed by atoms with Gasteiger partial charge in [0.05, 0.1) is 0 Å². The van der Waals surface area contributed by atoms with Gasteiger partial charge in [0.25, 0.3) is 0 Å². The summed E-state index contributed by atoms with van der Waals surface area (Å²) in [6, 6.07) is 4.12. The first kappa shape index (κ1) is 12.4. The summed E-state index contributed by atoms with van der Waals surface area (Å²) in [6.07, 6.45) is 0. The Hall–Kier alpha value is -0.630. The number of H-pyrrole nitrogens is 1. The molecule has 0 aromatic carbocycles. The Morgan fingerprint density at radius 3 is 1.47 bits per heavy atom. The molecule has 0 saturated heterocycles. The molecule has 0 atom stereocenters. The van der Waals surface area contributed by atoms with E-state index in [2.05, 4.69) is 58.7 Å². The first-order valence-corrected chi connectivity index (χ1v) is 5.77. The topological polar surface area (TPSA) is 15.8 Å². The van der Waals surface area contributed by atoms with E-state index in [0.717, 1.165) is 4.51 Å². The van der Waals surface area contributed by atoms with Crippen LogP contribution in [0.2, 0.25) is 0 Å². The highest BCUT2D eigenvalue weighted by molar-refractivity contribution is 7.71. The molecule has 1 heterocycles. The summed E-state index contributed by atoms with van der Waals surface area (Å²) >= 11 is 5.30. The van der Waals surface area contributed by atoms with Gasteiger partial charge in [0.1, 0.15) is 0 Å². The molecule has 0 saturated carbocycles. The zero-order valence-electron chi connectivity index (χ0n) is 10.6. The van der Waals surface area contributed by atoms with E-state index in [1.165, 1.54) is 11.4 Å². The van der Waals surface area contributed by atoms with Crippen LogP contribution in [0.15, 0.2) is 12.1 Å². The molecule has 2 heteroatoms. The van der Waals surface area contributed by atoms with Crippen molar-refractivity contribution in [3.63, 3.8) is 0 Å². The second-order valence-electron chi connectivity index (χ2n) is 6.14. The fraction of sp³-hybridized carbons (Fsp3) is 0.615. The van der Waals surface area contributed by atoms with Crippen LogP contribution in [0.5, 0.6) is 0 Å². The smallest absolute Gasteiger partial charge is 0.0412 e. The molecule has 0 fully saturated rings. The van der Waals surface area contributed by atoms with Crippen LogP contribution in [-0.4, -0.2) is 4.98 Å². The van der Waals surface area contributed by atoms with Crippen LogP contribution in [0.4, 0.5) is 0 Å². The van der Waals surface area contributed by atoms with Crippen molar-refractivity contribution in [1.29, 1.82) is 0 Å². The van der Waals surface area contributed by atoms with Gasteiger partial charge in [-0.05, 0) is 12.1 Å². The zero-order chi connectivity index (χ0) is 11.9. The van der Waals surface area contributed by atoms with E-state index < -0.39 is 0 Å².